The van der Waals surface area contributed by atoms with Gasteiger partial charge in [-0.1, -0.05) is 34.5 Å². The van der Waals surface area contributed by atoms with Crippen LogP contribution in [0.1, 0.15) is 31.5 Å². The fourth-order valence-electron chi connectivity index (χ4n) is 1.84. The molecule has 0 radical (unpaired) electrons. The van der Waals surface area contributed by atoms with E-state index in [9.17, 15) is 0 Å². The zero-order valence-electron chi connectivity index (χ0n) is 11.5. The van der Waals surface area contributed by atoms with E-state index in [-0.39, 0.29) is 6.04 Å². The summed E-state index contributed by atoms with van der Waals surface area (Å²) >= 11 is 3.39. The van der Waals surface area contributed by atoms with E-state index in [0.29, 0.717) is 13.2 Å². The highest BCUT2D eigenvalue weighted by molar-refractivity contribution is 9.10. The molecule has 1 unspecified atom stereocenters. The van der Waals surface area contributed by atoms with Crippen molar-refractivity contribution in [2.45, 2.75) is 32.4 Å². The van der Waals surface area contributed by atoms with Gasteiger partial charge in [0.2, 0.25) is 0 Å². The van der Waals surface area contributed by atoms with Crippen LogP contribution >= 0.6 is 15.9 Å². The van der Waals surface area contributed by atoms with E-state index in [4.69, 9.17) is 10.5 Å². The minimum absolute atomic E-state index is 0.0267. The lowest BCUT2D eigenvalue weighted by atomic mass is 10.1. The SMILES string of the molecule is CCCC(N)c1cn(CCOc2ccc(Br)cc2)nn1. The molecule has 0 saturated carbocycles. The van der Waals surface area contributed by atoms with Gasteiger partial charge in [0.15, 0.2) is 0 Å². The fraction of sp³-hybridized carbons (Fsp3) is 0.429. The van der Waals surface area contributed by atoms with Gasteiger partial charge >= 0.3 is 0 Å². The van der Waals surface area contributed by atoms with Crippen molar-refractivity contribution in [1.29, 1.82) is 0 Å². The van der Waals surface area contributed by atoms with E-state index in [1.165, 1.54) is 0 Å². The van der Waals surface area contributed by atoms with E-state index < -0.39 is 0 Å². The molecular formula is C14H19BrN4O. The number of ether oxygens (including phenoxy) is 1. The number of nitrogens with two attached hydrogens (primary N) is 1. The molecule has 2 aromatic rings. The van der Waals surface area contributed by atoms with E-state index in [1.807, 2.05) is 30.5 Å². The van der Waals surface area contributed by atoms with Crippen LogP contribution < -0.4 is 10.5 Å². The van der Waals surface area contributed by atoms with Crippen LogP contribution in [0, 0.1) is 0 Å². The smallest absolute Gasteiger partial charge is 0.119 e. The molecule has 2 rings (SSSR count). The van der Waals surface area contributed by atoms with Crippen molar-refractivity contribution in [3.05, 3.63) is 40.6 Å². The number of hydrogen-bond acceptors (Lipinski definition) is 4. The fourth-order valence-corrected chi connectivity index (χ4v) is 2.10. The lowest BCUT2D eigenvalue weighted by molar-refractivity contribution is 0.289. The van der Waals surface area contributed by atoms with Gasteiger partial charge in [-0.25, -0.2) is 4.68 Å². The predicted octanol–water partition coefficient (Wildman–Crippen LogP) is 2.92. The Kier molecular flexibility index (Phi) is 5.55. The summed E-state index contributed by atoms with van der Waals surface area (Å²) in [6, 6.07) is 7.72. The third-order valence-corrected chi connectivity index (χ3v) is 3.47. The van der Waals surface area contributed by atoms with E-state index >= 15 is 0 Å². The predicted molar refractivity (Wildman–Crippen MR) is 81.5 cm³/mol. The molecule has 0 aliphatic rings. The number of nitrogens with zero attached hydrogens (tertiary/aromatic N) is 3. The van der Waals surface area contributed by atoms with Gasteiger partial charge in [-0.2, -0.15) is 0 Å². The molecule has 0 saturated heterocycles. The number of benzene rings is 1. The molecule has 0 aliphatic carbocycles. The third kappa shape index (κ3) is 4.31. The molecule has 1 aromatic heterocycles. The number of hydrogen-bond donors (Lipinski definition) is 1. The maximum Gasteiger partial charge on any atom is 0.119 e. The van der Waals surface area contributed by atoms with Gasteiger partial charge in [0.25, 0.3) is 0 Å². The summed E-state index contributed by atoms with van der Waals surface area (Å²) in [7, 11) is 0. The van der Waals surface area contributed by atoms with Crippen molar-refractivity contribution in [2.24, 2.45) is 5.73 Å². The molecule has 2 N–H and O–H groups in total. The third-order valence-electron chi connectivity index (χ3n) is 2.94. The van der Waals surface area contributed by atoms with Crippen molar-refractivity contribution < 1.29 is 4.74 Å². The lowest BCUT2D eigenvalue weighted by Crippen LogP contribution is -2.10. The molecule has 1 atom stereocenters. The number of aromatic nitrogens is 3. The number of halogens is 1. The van der Waals surface area contributed by atoms with E-state index in [2.05, 4.69) is 33.2 Å². The molecule has 5 nitrogen and oxygen atoms in total. The van der Waals surface area contributed by atoms with Gasteiger partial charge in [0.1, 0.15) is 12.4 Å². The molecule has 0 amide bonds. The van der Waals surface area contributed by atoms with Gasteiger partial charge in [-0.05, 0) is 30.7 Å². The van der Waals surface area contributed by atoms with Gasteiger partial charge in [0, 0.05) is 4.47 Å². The van der Waals surface area contributed by atoms with Gasteiger partial charge in [0.05, 0.1) is 24.5 Å². The van der Waals surface area contributed by atoms with Crippen LogP contribution in [0.3, 0.4) is 0 Å². The first-order valence-corrected chi connectivity index (χ1v) is 7.52. The second kappa shape index (κ2) is 7.40. The van der Waals surface area contributed by atoms with Crippen molar-refractivity contribution in [1.82, 2.24) is 15.0 Å². The summed E-state index contributed by atoms with van der Waals surface area (Å²) in [5, 5.41) is 8.16. The Morgan fingerprint density at radius 2 is 2.10 bits per heavy atom. The van der Waals surface area contributed by atoms with Crippen LogP contribution in [0.2, 0.25) is 0 Å². The topological polar surface area (TPSA) is 66.0 Å². The minimum Gasteiger partial charge on any atom is -0.492 e. The molecular weight excluding hydrogens is 320 g/mol. The van der Waals surface area contributed by atoms with E-state index in [0.717, 1.165) is 28.8 Å². The first-order valence-electron chi connectivity index (χ1n) is 6.73. The summed E-state index contributed by atoms with van der Waals surface area (Å²) in [6.07, 6.45) is 3.86. The van der Waals surface area contributed by atoms with E-state index in [1.54, 1.807) is 4.68 Å². The Morgan fingerprint density at radius 1 is 1.35 bits per heavy atom. The quantitative estimate of drug-likeness (QED) is 0.842. The van der Waals surface area contributed by atoms with Crippen molar-refractivity contribution in [3.8, 4) is 5.75 Å². The zero-order valence-corrected chi connectivity index (χ0v) is 13.1. The summed E-state index contributed by atoms with van der Waals surface area (Å²) in [4.78, 5) is 0. The van der Waals surface area contributed by atoms with Crippen LogP contribution in [0.25, 0.3) is 0 Å². The molecule has 108 valence electrons. The number of rotatable bonds is 7. The first-order chi connectivity index (χ1) is 9.69. The molecule has 1 aromatic carbocycles. The van der Waals surface area contributed by atoms with Crippen molar-refractivity contribution in [3.63, 3.8) is 0 Å². The zero-order chi connectivity index (χ0) is 14.4. The summed E-state index contributed by atoms with van der Waals surface area (Å²) in [5.74, 6) is 0.844. The Balaban J connectivity index is 1.81. The van der Waals surface area contributed by atoms with Crippen LogP contribution in [0.5, 0.6) is 5.75 Å². The van der Waals surface area contributed by atoms with Crippen LogP contribution in [0.15, 0.2) is 34.9 Å². The Labute approximate surface area is 127 Å². The van der Waals surface area contributed by atoms with Gasteiger partial charge in [-0.15, -0.1) is 5.10 Å². The van der Waals surface area contributed by atoms with Crippen LogP contribution in [-0.4, -0.2) is 21.6 Å². The molecule has 0 bridgehead atoms. The molecule has 20 heavy (non-hydrogen) atoms. The molecule has 0 spiro atoms. The maximum absolute atomic E-state index is 6.00. The summed E-state index contributed by atoms with van der Waals surface area (Å²) < 4.78 is 8.45. The average molecular weight is 339 g/mol. The Hall–Kier alpha value is -1.40. The highest BCUT2D eigenvalue weighted by Gasteiger charge is 2.09. The maximum atomic E-state index is 6.00. The second-order valence-corrected chi connectivity index (χ2v) is 5.52. The van der Waals surface area contributed by atoms with Crippen molar-refractivity contribution >= 4 is 15.9 Å². The van der Waals surface area contributed by atoms with Gasteiger partial charge in [-0.3, -0.25) is 0 Å². The molecule has 6 heteroatoms. The molecule has 0 aliphatic heterocycles. The molecule has 0 fully saturated rings. The van der Waals surface area contributed by atoms with Gasteiger partial charge < -0.3 is 10.5 Å². The first kappa shape index (κ1) is 15.0. The lowest BCUT2D eigenvalue weighted by Gasteiger charge is -2.06. The standard InChI is InChI=1S/C14H19BrN4O/c1-2-3-13(16)14-10-19(18-17-14)8-9-20-12-6-4-11(15)5-7-12/h4-7,10,13H,2-3,8-9,16H2,1H3. The second-order valence-electron chi connectivity index (χ2n) is 4.60. The van der Waals surface area contributed by atoms with Crippen LogP contribution in [-0.2, 0) is 6.54 Å². The monoisotopic (exact) mass is 338 g/mol. The average Bonchev–Trinajstić information content (AvgIpc) is 2.90. The van der Waals surface area contributed by atoms with Crippen LogP contribution in [0.4, 0.5) is 0 Å². The largest absolute Gasteiger partial charge is 0.492 e. The molecule has 1 heterocycles. The minimum atomic E-state index is -0.0267. The van der Waals surface area contributed by atoms with Crippen molar-refractivity contribution in [2.75, 3.05) is 6.61 Å². The Bertz CT molecular complexity index is 526. The summed E-state index contributed by atoms with van der Waals surface area (Å²) in [6.45, 7) is 3.31. The highest BCUT2D eigenvalue weighted by Crippen LogP contribution is 2.16. The summed E-state index contributed by atoms with van der Waals surface area (Å²) in [5.41, 5.74) is 6.84. The normalized spacial score (nSPS) is 12.3. The Morgan fingerprint density at radius 3 is 2.80 bits per heavy atom. The highest BCUT2D eigenvalue weighted by atomic mass is 79.9.